The normalized spacial score (nSPS) is 11.9. The van der Waals surface area contributed by atoms with Crippen molar-refractivity contribution in [2.75, 3.05) is 0 Å². The van der Waals surface area contributed by atoms with E-state index in [9.17, 15) is 0 Å². The van der Waals surface area contributed by atoms with E-state index in [1.54, 1.807) is 0 Å². The van der Waals surface area contributed by atoms with E-state index in [2.05, 4.69) is 11.8 Å². The van der Waals surface area contributed by atoms with E-state index in [4.69, 9.17) is 5.11 Å². The number of hydrogen-bond donors (Lipinski definition) is 1. The molecule has 8 heavy (non-hydrogen) atoms. The van der Waals surface area contributed by atoms with Crippen molar-refractivity contribution in [2.45, 2.75) is 32.8 Å². The third-order valence-electron chi connectivity index (χ3n) is 0.832. The third-order valence-corrected chi connectivity index (χ3v) is 0.832. The van der Waals surface area contributed by atoms with Gasteiger partial charge in [0, 0.05) is 6.42 Å². The van der Waals surface area contributed by atoms with Gasteiger partial charge in [0.2, 0.25) is 0 Å². The lowest BCUT2D eigenvalue weighted by molar-refractivity contribution is 0.228. The SMILES string of the molecule is CCC#C[C@@H](O)CC. The van der Waals surface area contributed by atoms with Crippen LogP contribution in [0.4, 0.5) is 0 Å². The van der Waals surface area contributed by atoms with Crippen LogP contribution in [0.5, 0.6) is 0 Å². The summed E-state index contributed by atoms with van der Waals surface area (Å²) in [6, 6.07) is 0. The van der Waals surface area contributed by atoms with Gasteiger partial charge in [-0.05, 0) is 6.42 Å². The zero-order chi connectivity index (χ0) is 6.41. The van der Waals surface area contributed by atoms with Gasteiger partial charge in [0.25, 0.3) is 0 Å². The molecular weight excluding hydrogens is 100 g/mol. The molecule has 0 bridgehead atoms. The zero-order valence-corrected chi connectivity index (χ0v) is 5.44. The average Bonchev–Trinajstić information content (AvgIpc) is 1.83. The predicted octanol–water partition coefficient (Wildman–Crippen LogP) is 1.17. The van der Waals surface area contributed by atoms with Crippen molar-refractivity contribution in [3.05, 3.63) is 0 Å². The maximum Gasteiger partial charge on any atom is 0.114 e. The highest BCUT2D eigenvalue weighted by atomic mass is 16.3. The number of aliphatic hydroxyl groups is 1. The summed E-state index contributed by atoms with van der Waals surface area (Å²) in [6.45, 7) is 3.88. The molecule has 0 rings (SSSR count). The van der Waals surface area contributed by atoms with Crippen LogP contribution in [0.15, 0.2) is 0 Å². The summed E-state index contributed by atoms with van der Waals surface area (Å²) >= 11 is 0. The van der Waals surface area contributed by atoms with Crippen molar-refractivity contribution in [1.82, 2.24) is 0 Å². The fraction of sp³-hybridized carbons (Fsp3) is 0.714. The molecule has 0 unspecified atom stereocenters. The van der Waals surface area contributed by atoms with Gasteiger partial charge in [-0.3, -0.25) is 0 Å². The minimum Gasteiger partial charge on any atom is -0.380 e. The van der Waals surface area contributed by atoms with E-state index in [-0.39, 0.29) is 0 Å². The molecule has 1 heteroatoms. The van der Waals surface area contributed by atoms with Crippen molar-refractivity contribution in [3.8, 4) is 11.8 Å². The van der Waals surface area contributed by atoms with Gasteiger partial charge < -0.3 is 5.11 Å². The zero-order valence-electron chi connectivity index (χ0n) is 5.44. The molecule has 0 aromatic carbocycles. The number of aliphatic hydroxyl groups excluding tert-OH is 1. The summed E-state index contributed by atoms with van der Waals surface area (Å²) in [6.07, 6.45) is 1.15. The van der Waals surface area contributed by atoms with Gasteiger partial charge in [0.15, 0.2) is 0 Å². The Morgan fingerprint density at radius 2 is 2.12 bits per heavy atom. The van der Waals surface area contributed by atoms with Gasteiger partial charge in [-0.2, -0.15) is 0 Å². The molecule has 0 heterocycles. The van der Waals surface area contributed by atoms with E-state index in [0.29, 0.717) is 0 Å². The molecule has 1 N–H and O–H groups in total. The molecule has 0 aromatic heterocycles. The molecule has 0 aliphatic rings. The quantitative estimate of drug-likeness (QED) is 0.505. The minimum atomic E-state index is -0.407. The van der Waals surface area contributed by atoms with Gasteiger partial charge in [-0.25, -0.2) is 0 Å². The van der Waals surface area contributed by atoms with Crippen molar-refractivity contribution >= 4 is 0 Å². The summed E-state index contributed by atoms with van der Waals surface area (Å²) in [5.41, 5.74) is 0. The first kappa shape index (κ1) is 7.52. The van der Waals surface area contributed by atoms with Crippen LogP contribution in [0, 0.1) is 11.8 Å². The Kier molecular flexibility index (Phi) is 4.39. The fourth-order valence-corrected chi connectivity index (χ4v) is 0.322. The Bertz CT molecular complexity index is 96.7. The molecule has 0 spiro atoms. The van der Waals surface area contributed by atoms with Crippen LogP contribution < -0.4 is 0 Å². The molecular formula is C7H12O. The van der Waals surface area contributed by atoms with Gasteiger partial charge >= 0.3 is 0 Å². The maximum atomic E-state index is 8.82. The minimum absolute atomic E-state index is 0.407. The summed E-state index contributed by atoms with van der Waals surface area (Å²) < 4.78 is 0. The standard InChI is InChI=1S/C7H12O/c1-3-5-6-7(8)4-2/h7-8H,3-4H2,1-2H3/t7-/m0/s1. The number of rotatable bonds is 1. The summed E-state index contributed by atoms with van der Waals surface area (Å²) in [7, 11) is 0. The highest BCUT2D eigenvalue weighted by Gasteiger charge is 1.88. The first-order valence-corrected chi connectivity index (χ1v) is 2.97. The van der Waals surface area contributed by atoms with Gasteiger partial charge in [0.05, 0.1) is 0 Å². The van der Waals surface area contributed by atoms with Crippen LogP contribution in [-0.2, 0) is 0 Å². The molecule has 0 saturated heterocycles. The molecule has 0 saturated carbocycles. The first-order chi connectivity index (χ1) is 3.81. The fourth-order valence-electron chi connectivity index (χ4n) is 0.322. The Balaban J connectivity index is 3.35. The lowest BCUT2D eigenvalue weighted by Gasteiger charge is -1.92. The molecule has 0 aliphatic heterocycles. The smallest absolute Gasteiger partial charge is 0.114 e. The van der Waals surface area contributed by atoms with Crippen molar-refractivity contribution < 1.29 is 5.11 Å². The summed E-state index contributed by atoms with van der Waals surface area (Å²) in [5, 5.41) is 8.82. The van der Waals surface area contributed by atoms with E-state index in [1.807, 2.05) is 13.8 Å². The third kappa shape index (κ3) is 3.70. The van der Waals surface area contributed by atoms with E-state index in [0.717, 1.165) is 12.8 Å². The first-order valence-electron chi connectivity index (χ1n) is 2.97. The van der Waals surface area contributed by atoms with Crippen molar-refractivity contribution in [1.29, 1.82) is 0 Å². The molecule has 46 valence electrons. The topological polar surface area (TPSA) is 20.2 Å². The van der Waals surface area contributed by atoms with Crippen LogP contribution >= 0.6 is 0 Å². The number of hydrogen-bond acceptors (Lipinski definition) is 1. The lowest BCUT2D eigenvalue weighted by Crippen LogP contribution is -1.98. The van der Waals surface area contributed by atoms with Crippen LogP contribution in [0.2, 0.25) is 0 Å². The lowest BCUT2D eigenvalue weighted by atomic mass is 10.3. The van der Waals surface area contributed by atoms with Gasteiger partial charge in [-0.1, -0.05) is 19.8 Å². The molecule has 1 nitrogen and oxygen atoms in total. The Labute approximate surface area is 50.7 Å². The average molecular weight is 112 g/mol. The van der Waals surface area contributed by atoms with E-state index in [1.165, 1.54) is 0 Å². The predicted molar refractivity (Wildman–Crippen MR) is 34.4 cm³/mol. The molecule has 0 aliphatic carbocycles. The largest absolute Gasteiger partial charge is 0.380 e. The Hall–Kier alpha value is -0.480. The summed E-state index contributed by atoms with van der Waals surface area (Å²) in [5.74, 6) is 5.49. The Morgan fingerprint density at radius 3 is 2.50 bits per heavy atom. The van der Waals surface area contributed by atoms with Gasteiger partial charge in [0.1, 0.15) is 6.10 Å². The molecule has 0 fully saturated rings. The summed E-state index contributed by atoms with van der Waals surface area (Å²) in [4.78, 5) is 0. The maximum absolute atomic E-state index is 8.82. The van der Waals surface area contributed by atoms with Crippen LogP contribution in [0.1, 0.15) is 26.7 Å². The Morgan fingerprint density at radius 1 is 1.50 bits per heavy atom. The highest BCUT2D eigenvalue weighted by molar-refractivity contribution is 5.03. The molecule has 0 amide bonds. The van der Waals surface area contributed by atoms with Crippen molar-refractivity contribution in [3.63, 3.8) is 0 Å². The molecule has 1 atom stereocenters. The van der Waals surface area contributed by atoms with Crippen LogP contribution in [0.25, 0.3) is 0 Å². The van der Waals surface area contributed by atoms with E-state index < -0.39 is 6.10 Å². The highest BCUT2D eigenvalue weighted by Crippen LogP contribution is 1.84. The second-order valence-corrected chi connectivity index (χ2v) is 1.60. The molecule has 0 radical (unpaired) electrons. The second kappa shape index (κ2) is 4.67. The van der Waals surface area contributed by atoms with Crippen molar-refractivity contribution in [2.24, 2.45) is 0 Å². The van der Waals surface area contributed by atoms with E-state index >= 15 is 0 Å². The van der Waals surface area contributed by atoms with Crippen LogP contribution in [-0.4, -0.2) is 11.2 Å². The van der Waals surface area contributed by atoms with Gasteiger partial charge in [-0.15, -0.1) is 5.92 Å². The van der Waals surface area contributed by atoms with Crippen LogP contribution in [0.3, 0.4) is 0 Å². The second-order valence-electron chi connectivity index (χ2n) is 1.60. The monoisotopic (exact) mass is 112 g/mol. The molecule has 0 aromatic rings.